The zero-order valence-corrected chi connectivity index (χ0v) is 12.4. The summed E-state index contributed by atoms with van der Waals surface area (Å²) < 4.78 is 14.1. The molecule has 0 bridgehead atoms. The summed E-state index contributed by atoms with van der Waals surface area (Å²) in [4.78, 5) is 20.1. The second kappa shape index (κ2) is 7.46. The van der Waals surface area contributed by atoms with E-state index in [2.05, 4.69) is 4.52 Å². The number of hydrogen-bond donors (Lipinski definition) is 0. The third-order valence-corrected chi connectivity index (χ3v) is 1.39. The molecule has 0 N–H and O–H groups in total. The van der Waals surface area contributed by atoms with Crippen LogP contribution in [0.4, 0.5) is 0 Å². The van der Waals surface area contributed by atoms with Gasteiger partial charge in [0.25, 0.3) is 0 Å². The normalized spacial score (nSPS) is 9.38. The van der Waals surface area contributed by atoms with Crippen molar-refractivity contribution in [3.05, 3.63) is 30.3 Å². The van der Waals surface area contributed by atoms with E-state index in [9.17, 15) is 14.4 Å². The summed E-state index contributed by atoms with van der Waals surface area (Å²) in [7, 11) is -4.89. The largest absolute Gasteiger partial charge is 1.00 e. The molecule has 0 aromatic heterocycles. The predicted octanol–water partition coefficient (Wildman–Crippen LogP) is -6.10. The van der Waals surface area contributed by atoms with Crippen molar-refractivity contribution in [1.29, 1.82) is 0 Å². The zero-order valence-electron chi connectivity index (χ0n) is 7.47. The third kappa shape index (κ3) is 8.18. The van der Waals surface area contributed by atoms with E-state index in [0.717, 1.165) is 0 Å². The smallest absolute Gasteiger partial charge is 0.780 e. The maximum absolute atomic E-state index is 10.1. The fraction of sp³-hybridized carbons (Fsp3) is 0. The van der Waals surface area contributed by atoms with Gasteiger partial charge in [0.1, 0.15) is 13.6 Å². The van der Waals surface area contributed by atoms with Crippen LogP contribution in [0.3, 0.4) is 0 Å². The van der Waals surface area contributed by atoms with Gasteiger partial charge in [0.2, 0.25) is 0 Å². The molecule has 60 valence electrons. The van der Waals surface area contributed by atoms with Crippen molar-refractivity contribution in [3.8, 4) is 5.75 Å². The molecule has 0 saturated heterocycles. The van der Waals surface area contributed by atoms with E-state index in [1.807, 2.05) is 0 Å². The van der Waals surface area contributed by atoms with Crippen LogP contribution in [0.1, 0.15) is 0 Å². The number of phosphoric acid groups is 1. The zero-order chi connectivity index (χ0) is 8.32. The molecular formula is C6H5Na2O4P. The standard InChI is InChI=1S/C6H7O4P.2Na/c7-11(8,9)10-6-4-2-1-3-5-6;;/h1-5H,(H2,7,8,9);;/q;2*+1/p-2. The van der Waals surface area contributed by atoms with E-state index in [1.165, 1.54) is 12.1 Å². The molecular weight excluding hydrogens is 213 g/mol. The average Bonchev–Trinajstić information content (AvgIpc) is 1.85. The Hall–Kier alpha value is 1.17. The van der Waals surface area contributed by atoms with Crippen molar-refractivity contribution >= 4 is 7.82 Å². The molecule has 0 aliphatic carbocycles. The van der Waals surface area contributed by atoms with Crippen LogP contribution in [0.2, 0.25) is 0 Å². The molecule has 0 atom stereocenters. The van der Waals surface area contributed by atoms with Crippen LogP contribution in [0.15, 0.2) is 30.3 Å². The summed E-state index contributed by atoms with van der Waals surface area (Å²) in [6, 6.07) is 7.62. The number of rotatable bonds is 2. The minimum atomic E-state index is -4.89. The summed E-state index contributed by atoms with van der Waals surface area (Å²) in [6.07, 6.45) is 0. The minimum Gasteiger partial charge on any atom is -0.780 e. The van der Waals surface area contributed by atoms with E-state index >= 15 is 0 Å². The summed E-state index contributed by atoms with van der Waals surface area (Å²) in [5.74, 6) is 0.0424. The molecule has 0 heterocycles. The Morgan fingerprint density at radius 2 is 1.54 bits per heavy atom. The second-order valence-electron chi connectivity index (χ2n) is 1.85. The van der Waals surface area contributed by atoms with Gasteiger partial charge in [-0.25, -0.2) is 0 Å². The summed E-state index contributed by atoms with van der Waals surface area (Å²) in [5.41, 5.74) is 0. The van der Waals surface area contributed by atoms with Crippen molar-refractivity contribution in [3.63, 3.8) is 0 Å². The van der Waals surface area contributed by atoms with Crippen molar-refractivity contribution < 1.29 is 78.0 Å². The molecule has 1 aromatic rings. The predicted molar refractivity (Wildman–Crippen MR) is 34.7 cm³/mol. The first-order valence-corrected chi connectivity index (χ1v) is 4.31. The van der Waals surface area contributed by atoms with E-state index in [0.29, 0.717) is 0 Å². The molecule has 0 radical (unpaired) electrons. The van der Waals surface area contributed by atoms with Gasteiger partial charge in [-0.3, -0.25) is 0 Å². The third-order valence-electron chi connectivity index (χ3n) is 0.960. The Morgan fingerprint density at radius 1 is 1.08 bits per heavy atom. The monoisotopic (exact) mass is 218 g/mol. The van der Waals surface area contributed by atoms with Crippen molar-refractivity contribution in [2.75, 3.05) is 0 Å². The summed E-state index contributed by atoms with van der Waals surface area (Å²) >= 11 is 0. The van der Waals surface area contributed by atoms with Gasteiger partial charge in [0.15, 0.2) is 0 Å². The summed E-state index contributed by atoms with van der Waals surface area (Å²) in [6.45, 7) is 0. The van der Waals surface area contributed by atoms with Crippen molar-refractivity contribution in [2.45, 2.75) is 0 Å². The molecule has 0 amide bonds. The molecule has 0 spiro atoms. The second-order valence-corrected chi connectivity index (χ2v) is 2.93. The van der Waals surface area contributed by atoms with Gasteiger partial charge >= 0.3 is 59.1 Å². The molecule has 1 aromatic carbocycles. The van der Waals surface area contributed by atoms with E-state index in [-0.39, 0.29) is 64.9 Å². The molecule has 4 nitrogen and oxygen atoms in total. The molecule has 0 aliphatic heterocycles. The van der Waals surface area contributed by atoms with Gasteiger partial charge in [-0.15, -0.1) is 0 Å². The molecule has 0 unspecified atom stereocenters. The van der Waals surface area contributed by atoms with E-state index in [4.69, 9.17) is 0 Å². The number of benzene rings is 1. The van der Waals surface area contributed by atoms with Crippen molar-refractivity contribution in [1.82, 2.24) is 0 Å². The summed E-state index contributed by atoms with van der Waals surface area (Å²) in [5, 5.41) is 0. The van der Waals surface area contributed by atoms with Gasteiger partial charge in [-0.1, -0.05) is 18.2 Å². The van der Waals surface area contributed by atoms with Crippen LogP contribution in [0, 0.1) is 0 Å². The van der Waals surface area contributed by atoms with Gasteiger partial charge in [-0.2, -0.15) is 0 Å². The van der Waals surface area contributed by atoms with Crippen LogP contribution >= 0.6 is 7.82 Å². The number of phosphoric ester groups is 1. The first-order valence-electron chi connectivity index (χ1n) is 2.85. The van der Waals surface area contributed by atoms with Gasteiger partial charge in [0.05, 0.1) is 0 Å². The Labute approximate surface area is 121 Å². The Balaban J connectivity index is 0. The number of para-hydroxylation sites is 1. The fourth-order valence-electron chi connectivity index (χ4n) is 0.610. The van der Waals surface area contributed by atoms with Gasteiger partial charge in [-0.05, 0) is 12.1 Å². The average molecular weight is 218 g/mol. The van der Waals surface area contributed by atoms with Crippen LogP contribution in [-0.2, 0) is 4.57 Å². The van der Waals surface area contributed by atoms with Crippen molar-refractivity contribution in [2.24, 2.45) is 0 Å². The maximum atomic E-state index is 10.1. The number of hydrogen-bond acceptors (Lipinski definition) is 4. The topological polar surface area (TPSA) is 72.4 Å². The van der Waals surface area contributed by atoms with Gasteiger partial charge in [0, 0.05) is 0 Å². The first kappa shape index (κ1) is 16.6. The van der Waals surface area contributed by atoms with E-state index in [1.54, 1.807) is 18.2 Å². The Morgan fingerprint density at radius 3 is 1.92 bits per heavy atom. The fourth-order valence-corrected chi connectivity index (χ4v) is 0.990. The molecule has 7 heteroatoms. The van der Waals surface area contributed by atoms with Crippen LogP contribution in [0.25, 0.3) is 0 Å². The quantitative estimate of drug-likeness (QED) is 0.366. The first-order chi connectivity index (χ1) is 5.08. The van der Waals surface area contributed by atoms with E-state index < -0.39 is 7.82 Å². The maximum Gasteiger partial charge on any atom is 1.00 e. The van der Waals surface area contributed by atoms with Gasteiger partial charge < -0.3 is 18.9 Å². The van der Waals surface area contributed by atoms with Crippen LogP contribution < -0.4 is 73.4 Å². The minimum absolute atomic E-state index is 0. The Kier molecular flexibility index (Phi) is 9.52. The van der Waals surface area contributed by atoms with Crippen LogP contribution in [0.5, 0.6) is 5.75 Å². The molecule has 1 rings (SSSR count). The molecule has 0 saturated carbocycles. The molecule has 0 fully saturated rings. The Bertz CT molecular complexity index is 273. The molecule has 0 aliphatic rings. The SMILES string of the molecule is O=P([O-])([O-])Oc1ccccc1.[Na+].[Na+]. The van der Waals surface area contributed by atoms with Crippen LogP contribution in [-0.4, -0.2) is 0 Å². The molecule has 13 heavy (non-hydrogen) atoms.